The van der Waals surface area contributed by atoms with Gasteiger partial charge in [0.15, 0.2) is 5.15 Å². The van der Waals surface area contributed by atoms with Gasteiger partial charge in [-0.05, 0) is 24.3 Å². The second kappa shape index (κ2) is 4.62. The van der Waals surface area contributed by atoms with Gasteiger partial charge in [-0.15, -0.1) is 0 Å². The van der Waals surface area contributed by atoms with Crippen LogP contribution in [-0.2, 0) is 12.7 Å². The summed E-state index contributed by atoms with van der Waals surface area (Å²) in [5.74, 6) is 0. The largest absolute Gasteiger partial charge is 0.416 e. The predicted molar refractivity (Wildman–Crippen MR) is 61.5 cm³/mol. The Labute approximate surface area is 106 Å². The van der Waals surface area contributed by atoms with Crippen LogP contribution >= 0.6 is 11.6 Å². The molecule has 1 aromatic carbocycles. The van der Waals surface area contributed by atoms with E-state index in [1.54, 1.807) is 6.20 Å². The van der Waals surface area contributed by atoms with E-state index in [1.807, 2.05) is 0 Å². The van der Waals surface area contributed by atoms with Gasteiger partial charge in [0.1, 0.15) is 0 Å². The fraction of sp³-hybridized carbons (Fsp3) is 0.182. The Morgan fingerprint density at radius 2 is 1.83 bits per heavy atom. The maximum Gasteiger partial charge on any atom is 0.416 e. The van der Waals surface area contributed by atoms with Crippen molar-refractivity contribution < 1.29 is 13.2 Å². The summed E-state index contributed by atoms with van der Waals surface area (Å²) in [5, 5.41) is 4.21. The summed E-state index contributed by atoms with van der Waals surface area (Å²) in [5.41, 5.74) is 5.86. The van der Waals surface area contributed by atoms with Crippen molar-refractivity contribution in [3.63, 3.8) is 0 Å². The highest BCUT2D eigenvalue weighted by atomic mass is 35.5. The second-order valence-electron chi connectivity index (χ2n) is 3.64. The first kappa shape index (κ1) is 12.9. The van der Waals surface area contributed by atoms with Crippen molar-refractivity contribution in [2.45, 2.75) is 12.7 Å². The molecule has 2 rings (SSSR count). The van der Waals surface area contributed by atoms with Crippen LogP contribution in [0.3, 0.4) is 0 Å². The molecule has 7 heteroatoms. The molecule has 0 aliphatic heterocycles. The van der Waals surface area contributed by atoms with Gasteiger partial charge in [-0.2, -0.15) is 18.3 Å². The number of hydrogen-bond donors (Lipinski definition) is 1. The van der Waals surface area contributed by atoms with Crippen LogP contribution in [0, 0.1) is 0 Å². The van der Waals surface area contributed by atoms with Crippen LogP contribution in [0.5, 0.6) is 0 Å². The normalized spacial score (nSPS) is 11.8. The Hall–Kier alpha value is -1.53. The highest BCUT2D eigenvalue weighted by molar-refractivity contribution is 6.30. The number of alkyl halides is 3. The van der Waals surface area contributed by atoms with E-state index < -0.39 is 11.7 Å². The first-order valence-electron chi connectivity index (χ1n) is 5.03. The molecule has 2 N–H and O–H groups in total. The van der Waals surface area contributed by atoms with Crippen molar-refractivity contribution in [3.8, 4) is 5.69 Å². The van der Waals surface area contributed by atoms with E-state index in [0.717, 1.165) is 12.1 Å². The van der Waals surface area contributed by atoms with Gasteiger partial charge in [-0.1, -0.05) is 11.6 Å². The summed E-state index contributed by atoms with van der Waals surface area (Å²) in [6, 6.07) is 4.64. The summed E-state index contributed by atoms with van der Waals surface area (Å²) >= 11 is 5.81. The van der Waals surface area contributed by atoms with E-state index in [-0.39, 0.29) is 11.7 Å². The lowest BCUT2D eigenvalue weighted by Gasteiger charge is -2.07. The Balaban J connectivity index is 2.34. The van der Waals surface area contributed by atoms with Crippen LogP contribution in [0.2, 0.25) is 5.15 Å². The average Bonchev–Trinajstić information content (AvgIpc) is 2.69. The highest BCUT2D eigenvalue weighted by Gasteiger charge is 2.30. The maximum atomic E-state index is 12.4. The van der Waals surface area contributed by atoms with Crippen molar-refractivity contribution in [2.75, 3.05) is 0 Å². The summed E-state index contributed by atoms with van der Waals surface area (Å²) in [4.78, 5) is 0. The van der Waals surface area contributed by atoms with Crippen molar-refractivity contribution >= 4 is 11.6 Å². The fourth-order valence-corrected chi connectivity index (χ4v) is 1.67. The van der Waals surface area contributed by atoms with Crippen LogP contribution in [0.15, 0.2) is 30.5 Å². The molecule has 0 saturated heterocycles. The number of rotatable bonds is 2. The van der Waals surface area contributed by atoms with Gasteiger partial charge in [-0.25, -0.2) is 4.68 Å². The van der Waals surface area contributed by atoms with Crippen LogP contribution in [0.4, 0.5) is 13.2 Å². The van der Waals surface area contributed by atoms with Gasteiger partial charge in [0, 0.05) is 18.3 Å². The van der Waals surface area contributed by atoms with E-state index in [4.69, 9.17) is 17.3 Å². The Kier molecular flexibility index (Phi) is 3.32. The second-order valence-corrected chi connectivity index (χ2v) is 4.00. The van der Waals surface area contributed by atoms with Crippen molar-refractivity contribution in [1.82, 2.24) is 9.78 Å². The lowest BCUT2D eigenvalue weighted by Crippen LogP contribution is -2.05. The van der Waals surface area contributed by atoms with Crippen LogP contribution < -0.4 is 5.73 Å². The molecule has 2 aromatic rings. The van der Waals surface area contributed by atoms with Gasteiger partial charge in [0.25, 0.3) is 0 Å². The molecule has 1 aromatic heterocycles. The number of aromatic nitrogens is 2. The Morgan fingerprint density at radius 1 is 1.22 bits per heavy atom. The molecule has 18 heavy (non-hydrogen) atoms. The minimum absolute atomic E-state index is 0.222. The highest BCUT2D eigenvalue weighted by Crippen LogP contribution is 2.29. The van der Waals surface area contributed by atoms with Crippen molar-refractivity contribution in [3.05, 3.63) is 46.7 Å². The molecule has 0 aliphatic rings. The summed E-state index contributed by atoms with van der Waals surface area (Å²) in [6.45, 7) is 0.222. The fourth-order valence-electron chi connectivity index (χ4n) is 1.46. The Bertz CT molecular complexity index is 546. The lowest BCUT2D eigenvalue weighted by atomic mass is 10.2. The van der Waals surface area contributed by atoms with E-state index in [9.17, 15) is 13.2 Å². The molecule has 0 fully saturated rings. The third-order valence-corrected chi connectivity index (χ3v) is 2.74. The molecule has 0 aliphatic carbocycles. The van der Waals surface area contributed by atoms with Crippen LogP contribution in [0.25, 0.3) is 5.69 Å². The van der Waals surface area contributed by atoms with Crippen LogP contribution in [0.1, 0.15) is 11.1 Å². The molecule has 0 saturated carbocycles. The molecule has 1 heterocycles. The third-order valence-electron chi connectivity index (χ3n) is 2.42. The summed E-state index contributed by atoms with van der Waals surface area (Å²) in [6.07, 6.45) is -2.76. The quantitative estimate of drug-likeness (QED) is 0.916. The standard InChI is InChI=1S/C11H9ClF3N3/c12-10-7(5-16)6-18(17-10)9-3-1-8(2-4-9)11(13,14)15/h1-4,6H,5,16H2. The number of benzene rings is 1. The average molecular weight is 276 g/mol. The zero-order chi connectivity index (χ0) is 13.3. The van der Waals surface area contributed by atoms with Crippen molar-refractivity contribution in [1.29, 1.82) is 0 Å². The molecule has 0 bridgehead atoms. The number of nitrogens with two attached hydrogens (primary N) is 1. The molecule has 0 atom stereocenters. The zero-order valence-corrected chi connectivity index (χ0v) is 9.83. The maximum absolute atomic E-state index is 12.4. The van der Waals surface area contributed by atoms with E-state index >= 15 is 0 Å². The number of hydrogen-bond acceptors (Lipinski definition) is 2. The monoisotopic (exact) mass is 275 g/mol. The molecule has 0 amide bonds. The zero-order valence-electron chi connectivity index (χ0n) is 9.08. The van der Waals surface area contributed by atoms with Gasteiger partial charge in [0.2, 0.25) is 0 Å². The molecule has 0 spiro atoms. The van der Waals surface area contributed by atoms with Crippen LogP contribution in [-0.4, -0.2) is 9.78 Å². The number of halogens is 4. The van der Waals surface area contributed by atoms with Gasteiger partial charge in [-0.3, -0.25) is 0 Å². The third kappa shape index (κ3) is 2.49. The van der Waals surface area contributed by atoms with Crippen molar-refractivity contribution in [2.24, 2.45) is 5.73 Å². The SMILES string of the molecule is NCc1cn(-c2ccc(C(F)(F)F)cc2)nc1Cl. The first-order valence-corrected chi connectivity index (χ1v) is 5.41. The van der Waals surface area contributed by atoms with E-state index in [1.165, 1.54) is 16.8 Å². The smallest absolute Gasteiger partial charge is 0.326 e. The minimum Gasteiger partial charge on any atom is -0.326 e. The topological polar surface area (TPSA) is 43.8 Å². The molecule has 0 unspecified atom stereocenters. The van der Waals surface area contributed by atoms with Gasteiger partial charge in [0.05, 0.1) is 11.3 Å². The molecular formula is C11H9ClF3N3. The first-order chi connectivity index (χ1) is 8.41. The molecule has 3 nitrogen and oxygen atoms in total. The molecule has 0 radical (unpaired) electrons. The lowest BCUT2D eigenvalue weighted by molar-refractivity contribution is -0.137. The number of nitrogens with zero attached hydrogens (tertiary/aromatic N) is 2. The minimum atomic E-state index is -4.34. The predicted octanol–water partition coefficient (Wildman–Crippen LogP) is 3.00. The Morgan fingerprint density at radius 3 is 2.28 bits per heavy atom. The molecular weight excluding hydrogens is 267 g/mol. The van der Waals surface area contributed by atoms with E-state index in [2.05, 4.69) is 5.10 Å². The van der Waals surface area contributed by atoms with Gasteiger partial charge >= 0.3 is 6.18 Å². The molecule has 96 valence electrons. The van der Waals surface area contributed by atoms with E-state index in [0.29, 0.717) is 11.3 Å². The summed E-state index contributed by atoms with van der Waals surface area (Å²) in [7, 11) is 0. The summed E-state index contributed by atoms with van der Waals surface area (Å²) < 4.78 is 38.5. The van der Waals surface area contributed by atoms with Gasteiger partial charge < -0.3 is 5.73 Å².